The molecule has 2 aromatic rings. The van der Waals surface area contributed by atoms with Gasteiger partial charge in [0, 0.05) is 23.4 Å². The molecular formula is C15H15ClFNO2S2. The van der Waals surface area contributed by atoms with E-state index >= 15 is 0 Å². The number of carbonyl (C=O) groups is 1. The first-order chi connectivity index (χ1) is 10.6. The van der Waals surface area contributed by atoms with Crippen molar-refractivity contribution in [3.63, 3.8) is 0 Å². The Labute approximate surface area is 141 Å². The molecular weight excluding hydrogens is 345 g/mol. The first kappa shape index (κ1) is 17.3. The van der Waals surface area contributed by atoms with E-state index in [1.54, 1.807) is 25.3 Å². The molecule has 0 aliphatic carbocycles. The Hall–Kier alpha value is -1.08. The molecule has 1 atom stereocenters. The Morgan fingerprint density at radius 1 is 1.36 bits per heavy atom. The van der Waals surface area contributed by atoms with E-state index < -0.39 is 0 Å². The molecule has 0 fully saturated rings. The molecule has 1 heterocycles. The zero-order chi connectivity index (χ0) is 15.9. The summed E-state index contributed by atoms with van der Waals surface area (Å²) in [5.41, 5.74) is 0. The van der Waals surface area contributed by atoms with Crippen molar-refractivity contribution in [1.29, 1.82) is 0 Å². The highest BCUT2D eigenvalue weighted by atomic mass is 35.5. The number of hydrogen-bond donors (Lipinski definition) is 1. The zero-order valence-electron chi connectivity index (χ0n) is 11.8. The number of benzene rings is 1. The largest absolute Gasteiger partial charge is 0.374 e. The summed E-state index contributed by atoms with van der Waals surface area (Å²) in [5, 5.41) is 2.83. The second-order valence-corrected chi connectivity index (χ2v) is 7.21. The van der Waals surface area contributed by atoms with Gasteiger partial charge in [0.2, 0.25) is 5.91 Å². The SMILES string of the molecule is COC(CNC(=O)CSc1ccc(F)cc1)c1ccc(Cl)s1. The third kappa shape index (κ3) is 5.28. The predicted molar refractivity (Wildman–Crippen MR) is 89.2 cm³/mol. The molecule has 7 heteroatoms. The van der Waals surface area contributed by atoms with Crippen LogP contribution in [0.2, 0.25) is 4.34 Å². The molecule has 1 amide bonds. The van der Waals surface area contributed by atoms with Crippen LogP contribution in [0.15, 0.2) is 41.3 Å². The summed E-state index contributed by atoms with van der Waals surface area (Å²) in [6, 6.07) is 9.75. The van der Waals surface area contributed by atoms with Crippen LogP contribution >= 0.6 is 34.7 Å². The molecule has 1 N–H and O–H groups in total. The molecule has 0 saturated carbocycles. The lowest BCUT2D eigenvalue weighted by Gasteiger charge is -2.14. The van der Waals surface area contributed by atoms with E-state index in [0.29, 0.717) is 10.9 Å². The zero-order valence-corrected chi connectivity index (χ0v) is 14.2. The molecule has 22 heavy (non-hydrogen) atoms. The lowest BCUT2D eigenvalue weighted by Crippen LogP contribution is -2.30. The summed E-state index contributed by atoms with van der Waals surface area (Å²) in [5.74, 6) is -0.113. The Balaban J connectivity index is 1.78. The normalized spacial score (nSPS) is 12.1. The van der Waals surface area contributed by atoms with Gasteiger partial charge in [0.15, 0.2) is 0 Å². The number of nitrogens with one attached hydrogen (secondary N) is 1. The van der Waals surface area contributed by atoms with E-state index in [1.165, 1.54) is 35.2 Å². The van der Waals surface area contributed by atoms with Crippen molar-refractivity contribution in [3.05, 3.63) is 51.4 Å². The van der Waals surface area contributed by atoms with Crippen LogP contribution in [-0.4, -0.2) is 25.3 Å². The van der Waals surface area contributed by atoms with Crippen molar-refractivity contribution in [2.75, 3.05) is 19.4 Å². The van der Waals surface area contributed by atoms with Gasteiger partial charge in [-0.15, -0.1) is 23.1 Å². The minimum atomic E-state index is -0.286. The first-order valence-corrected chi connectivity index (χ1v) is 8.69. The maximum Gasteiger partial charge on any atom is 0.230 e. The highest BCUT2D eigenvalue weighted by molar-refractivity contribution is 8.00. The van der Waals surface area contributed by atoms with E-state index in [-0.39, 0.29) is 23.6 Å². The maximum absolute atomic E-state index is 12.8. The second-order valence-electron chi connectivity index (χ2n) is 4.41. The Morgan fingerprint density at radius 3 is 2.68 bits per heavy atom. The molecule has 0 aliphatic heterocycles. The van der Waals surface area contributed by atoms with Gasteiger partial charge in [0.05, 0.1) is 10.1 Å². The average molecular weight is 360 g/mol. The molecule has 2 rings (SSSR count). The van der Waals surface area contributed by atoms with Crippen molar-refractivity contribution in [3.8, 4) is 0 Å². The minimum absolute atomic E-state index is 0.0981. The topological polar surface area (TPSA) is 38.3 Å². The molecule has 0 saturated heterocycles. The van der Waals surface area contributed by atoms with Crippen LogP contribution < -0.4 is 5.32 Å². The Bertz CT molecular complexity index is 618. The molecule has 0 radical (unpaired) electrons. The number of hydrogen-bond acceptors (Lipinski definition) is 4. The molecule has 0 spiro atoms. The van der Waals surface area contributed by atoms with Crippen molar-refractivity contribution in [2.24, 2.45) is 0 Å². The molecule has 0 bridgehead atoms. The monoisotopic (exact) mass is 359 g/mol. The fraction of sp³-hybridized carbons (Fsp3) is 0.267. The molecule has 118 valence electrons. The number of amides is 1. The van der Waals surface area contributed by atoms with Crippen LogP contribution in [0.25, 0.3) is 0 Å². The molecule has 1 aromatic carbocycles. The first-order valence-electron chi connectivity index (χ1n) is 6.51. The van der Waals surface area contributed by atoms with Crippen LogP contribution in [0.1, 0.15) is 11.0 Å². The van der Waals surface area contributed by atoms with Crippen molar-refractivity contribution < 1.29 is 13.9 Å². The lowest BCUT2D eigenvalue weighted by atomic mass is 10.3. The summed E-state index contributed by atoms with van der Waals surface area (Å²) in [4.78, 5) is 13.7. The summed E-state index contributed by atoms with van der Waals surface area (Å²) >= 11 is 8.69. The minimum Gasteiger partial charge on any atom is -0.374 e. The number of carbonyl (C=O) groups excluding carboxylic acids is 1. The number of thioether (sulfide) groups is 1. The summed E-state index contributed by atoms with van der Waals surface area (Å²) < 4.78 is 18.8. The van der Waals surface area contributed by atoms with Crippen LogP contribution in [0.5, 0.6) is 0 Å². The van der Waals surface area contributed by atoms with E-state index in [4.69, 9.17) is 16.3 Å². The predicted octanol–water partition coefficient (Wildman–Crippen LogP) is 4.14. The van der Waals surface area contributed by atoms with Gasteiger partial charge in [0.25, 0.3) is 0 Å². The third-order valence-corrected chi connectivity index (χ3v) is 5.20. The Morgan fingerprint density at radius 2 is 2.09 bits per heavy atom. The maximum atomic E-state index is 12.8. The number of thiophene rings is 1. The number of rotatable bonds is 7. The smallest absolute Gasteiger partial charge is 0.230 e. The molecule has 3 nitrogen and oxygen atoms in total. The van der Waals surface area contributed by atoms with Gasteiger partial charge in [-0.2, -0.15) is 0 Å². The summed E-state index contributed by atoms with van der Waals surface area (Å²) in [7, 11) is 1.59. The molecule has 0 aliphatic rings. The van der Waals surface area contributed by atoms with Gasteiger partial charge in [-0.05, 0) is 36.4 Å². The van der Waals surface area contributed by atoms with E-state index in [2.05, 4.69) is 5.32 Å². The number of ether oxygens (including phenoxy) is 1. The van der Waals surface area contributed by atoms with Crippen LogP contribution in [0.3, 0.4) is 0 Å². The quantitative estimate of drug-likeness (QED) is 0.755. The van der Waals surface area contributed by atoms with Crippen LogP contribution in [0.4, 0.5) is 4.39 Å². The number of halogens is 2. The van der Waals surface area contributed by atoms with Gasteiger partial charge in [0.1, 0.15) is 11.9 Å². The molecule has 1 unspecified atom stereocenters. The van der Waals surface area contributed by atoms with Crippen molar-refractivity contribution in [1.82, 2.24) is 5.32 Å². The van der Waals surface area contributed by atoms with Crippen molar-refractivity contribution in [2.45, 2.75) is 11.0 Å². The fourth-order valence-electron chi connectivity index (χ4n) is 1.74. The van der Waals surface area contributed by atoms with E-state index in [9.17, 15) is 9.18 Å². The second kappa shape index (κ2) is 8.53. The van der Waals surface area contributed by atoms with Gasteiger partial charge in [-0.3, -0.25) is 4.79 Å². The highest BCUT2D eigenvalue weighted by Crippen LogP contribution is 2.28. The summed E-state index contributed by atoms with van der Waals surface area (Å²) in [6.45, 7) is 0.385. The van der Waals surface area contributed by atoms with Crippen molar-refractivity contribution >= 4 is 40.6 Å². The molecule has 1 aromatic heterocycles. The fourth-order valence-corrected chi connectivity index (χ4v) is 3.61. The Kier molecular flexibility index (Phi) is 6.70. The van der Waals surface area contributed by atoms with Gasteiger partial charge in [-0.25, -0.2) is 4.39 Å². The van der Waals surface area contributed by atoms with Gasteiger partial charge < -0.3 is 10.1 Å². The average Bonchev–Trinajstić information content (AvgIpc) is 2.94. The standard InChI is InChI=1S/C15H15ClFNO2S2/c1-20-12(13-6-7-14(16)22-13)8-18-15(19)9-21-11-4-2-10(17)3-5-11/h2-7,12H,8-9H2,1H3,(H,18,19). The van der Waals surface area contributed by atoms with E-state index in [0.717, 1.165) is 9.77 Å². The summed E-state index contributed by atoms with van der Waals surface area (Å²) in [6.07, 6.45) is -0.211. The van der Waals surface area contributed by atoms with Gasteiger partial charge in [-0.1, -0.05) is 11.6 Å². The lowest BCUT2D eigenvalue weighted by molar-refractivity contribution is -0.119. The van der Waals surface area contributed by atoms with Crippen LogP contribution in [0, 0.1) is 5.82 Å². The highest BCUT2D eigenvalue weighted by Gasteiger charge is 2.14. The number of methoxy groups -OCH3 is 1. The van der Waals surface area contributed by atoms with E-state index in [1.807, 2.05) is 6.07 Å². The van der Waals surface area contributed by atoms with Crippen LogP contribution in [-0.2, 0) is 9.53 Å². The third-order valence-electron chi connectivity index (χ3n) is 2.86. The van der Waals surface area contributed by atoms with Gasteiger partial charge >= 0.3 is 0 Å².